The number of hydrogen-bond donors (Lipinski definition) is 0. The number of methoxy groups -OCH3 is 1. The lowest BCUT2D eigenvalue weighted by Gasteiger charge is -2.35. The third kappa shape index (κ3) is 3.44. The van der Waals surface area contributed by atoms with Crippen molar-refractivity contribution in [1.82, 2.24) is 9.88 Å². The largest absolute Gasteiger partial charge is 0.468 e. The van der Waals surface area contributed by atoms with Crippen LogP contribution in [0.25, 0.3) is 0 Å². The Kier molecular flexibility index (Phi) is 4.87. The van der Waals surface area contributed by atoms with Crippen molar-refractivity contribution in [3.05, 3.63) is 59.8 Å². The minimum absolute atomic E-state index is 0.0940. The van der Waals surface area contributed by atoms with Gasteiger partial charge in [-0.2, -0.15) is 0 Å². The SMILES string of the molecule is COC(=O)C1(c2ccc(C)cc2)CC1CN1CCN(c2ccccn2)CC1. The van der Waals surface area contributed by atoms with Crippen LogP contribution in [0, 0.1) is 12.8 Å². The van der Waals surface area contributed by atoms with Crippen molar-refractivity contribution < 1.29 is 9.53 Å². The number of pyridine rings is 1. The van der Waals surface area contributed by atoms with Gasteiger partial charge in [-0.3, -0.25) is 9.69 Å². The van der Waals surface area contributed by atoms with Crippen molar-refractivity contribution in [3.63, 3.8) is 0 Å². The Labute approximate surface area is 161 Å². The molecule has 2 aromatic rings. The van der Waals surface area contributed by atoms with Gasteiger partial charge in [0.15, 0.2) is 0 Å². The first-order valence-electron chi connectivity index (χ1n) is 9.67. The van der Waals surface area contributed by atoms with E-state index < -0.39 is 5.41 Å². The highest BCUT2D eigenvalue weighted by Gasteiger charge is 2.62. The average Bonchev–Trinajstić information content (AvgIpc) is 3.44. The number of anilines is 1. The summed E-state index contributed by atoms with van der Waals surface area (Å²) in [6, 6.07) is 14.4. The standard InChI is InChI=1S/C22H27N3O2/c1-17-6-8-18(9-7-17)22(21(26)27-2)15-19(22)16-24-11-13-25(14-12-24)20-5-3-4-10-23-20/h3-10,19H,11-16H2,1-2H3. The first kappa shape index (κ1) is 18.0. The lowest BCUT2D eigenvalue weighted by Crippen LogP contribution is -2.47. The molecule has 1 saturated carbocycles. The van der Waals surface area contributed by atoms with Crippen LogP contribution < -0.4 is 4.90 Å². The Balaban J connectivity index is 1.40. The van der Waals surface area contributed by atoms with Crippen LogP contribution >= 0.6 is 0 Å². The number of hydrogen-bond acceptors (Lipinski definition) is 5. The molecule has 0 spiro atoms. The van der Waals surface area contributed by atoms with E-state index in [-0.39, 0.29) is 5.97 Å². The van der Waals surface area contributed by atoms with Crippen LogP contribution in [0.4, 0.5) is 5.82 Å². The van der Waals surface area contributed by atoms with E-state index >= 15 is 0 Å². The fourth-order valence-corrected chi connectivity index (χ4v) is 4.32. The summed E-state index contributed by atoms with van der Waals surface area (Å²) in [5.41, 5.74) is 1.85. The quantitative estimate of drug-likeness (QED) is 0.763. The van der Waals surface area contributed by atoms with Gasteiger partial charge in [0.2, 0.25) is 0 Å². The Morgan fingerprint density at radius 1 is 1.15 bits per heavy atom. The van der Waals surface area contributed by atoms with Crippen LogP contribution in [0.1, 0.15) is 17.5 Å². The molecule has 2 heterocycles. The number of aryl methyl sites for hydroxylation is 1. The molecule has 1 aromatic carbocycles. The maximum atomic E-state index is 12.6. The third-order valence-corrected chi connectivity index (χ3v) is 6.05. The summed E-state index contributed by atoms with van der Waals surface area (Å²) in [5.74, 6) is 1.28. The topological polar surface area (TPSA) is 45.7 Å². The molecule has 1 aliphatic heterocycles. The Morgan fingerprint density at radius 2 is 1.89 bits per heavy atom. The third-order valence-electron chi connectivity index (χ3n) is 6.05. The maximum Gasteiger partial charge on any atom is 0.316 e. The van der Waals surface area contributed by atoms with E-state index in [1.807, 2.05) is 18.3 Å². The van der Waals surface area contributed by atoms with Crippen molar-refractivity contribution in [3.8, 4) is 0 Å². The number of carbonyl (C=O) groups is 1. The molecule has 142 valence electrons. The molecule has 1 saturated heterocycles. The Hall–Kier alpha value is -2.40. The molecule has 2 atom stereocenters. The summed E-state index contributed by atoms with van der Waals surface area (Å²) in [6.45, 7) is 6.95. The van der Waals surface area contributed by atoms with Crippen LogP contribution in [-0.2, 0) is 14.9 Å². The van der Waals surface area contributed by atoms with E-state index in [2.05, 4.69) is 52.0 Å². The molecule has 4 rings (SSSR count). The molecule has 2 aliphatic rings. The molecule has 1 aromatic heterocycles. The number of rotatable bonds is 5. The van der Waals surface area contributed by atoms with Crippen molar-refractivity contribution in [1.29, 1.82) is 0 Å². The Morgan fingerprint density at radius 3 is 2.52 bits per heavy atom. The van der Waals surface area contributed by atoms with Crippen molar-refractivity contribution in [2.75, 3.05) is 44.7 Å². The monoisotopic (exact) mass is 365 g/mol. The summed E-state index contributed by atoms with van der Waals surface area (Å²) < 4.78 is 5.18. The molecule has 0 amide bonds. The second-order valence-electron chi connectivity index (χ2n) is 7.71. The van der Waals surface area contributed by atoms with E-state index in [1.165, 1.54) is 12.7 Å². The summed E-state index contributed by atoms with van der Waals surface area (Å²) in [7, 11) is 1.50. The zero-order chi connectivity index (χ0) is 18.9. The molecular weight excluding hydrogens is 338 g/mol. The highest BCUT2D eigenvalue weighted by atomic mass is 16.5. The van der Waals surface area contributed by atoms with Crippen molar-refractivity contribution in [2.45, 2.75) is 18.8 Å². The molecule has 27 heavy (non-hydrogen) atoms. The van der Waals surface area contributed by atoms with Gasteiger partial charge < -0.3 is 9.64 Å². The van der Waals surface area contributed by atoms with Gasteiger partial charge in [0.25, 0.3) is 0 Å². The molecular formula is C22H27N3O2. The molecule has 2 fully saturated rings. The zero-order valence-corrected chi connectivity index (χ0v) is 16.1. The maximum absolute atomic E-state index is 12.6. The van der Waals surface area contributed by atoms with Crippen LogP contribution in [-0.4, -0.2) is 55.7 Å². The van der Waals surface area contributed by atoms with E-state index in [4.69, 9.17) is 4.74 Å². The molecule has 5 heteroatoms. The first-order valence-corrected chi connectivity index (χ1v) is 9.67. The minimum atomic E-state index is -0.458. The fourth-order valence-electron chi connectivity index (χ4n) is 4.32. The lowest BCUT2D eigenvalue weighted by molar-refractivity contribution is -0.144. The van der Waals surface area contributed by atoms with Crippen molar-refractivity contribution in [2.24, 2.45) is 5.92 Å². The molecule has 1 aliphatic carbocycles. The minimum Gasteiger partial charge on any atom is -0.468 e. The van der Waals surface area contributed by atoms with Gasteiger partial charge in [-0.05, 0) is 37.0 Å². The van der Waals surface area contributed by atoms with Gasteiger partial charge in [-0.1, -0.05) is 35.9 Å². The summed E-state index contributed by atoms with van der Waals surface area (Å²) >= 11 is 0. The van der Waals surface area contributed by atoms with Gasteiger partial charge in [-0.15, -0.1) is 0 Å². The summed E-state index contributed by atoms with van der Waals surface area (Å²) in [5, 5.41) is 0. The summed E-state index contributed by atoms with van der Waals surface area (Å²) in [4.78, 5) is 21.9. The van der Waals surface area contributed by atoms with Gasteiger partial charge in [0.05, 0.1) is 12.5 Å². The van der Waals surface area contributed by atoms with Crippen LogP contribution in [0.2, 0.25) is 0 Å². The predicted molar refractivity (Wildman–Crippen MR) is 106 cm³/mol. The number of carbonyl (C=O) groups excluding carboxylic acids is 1. The van der Waals surface area contributed by atoms with E-state index in [9.17, 15) is 4.79 Å². The van der Waals surface area contributed by atoms with Crippen LogP contribution in [0.5, 0.6) is 0 Å². The highest BCUT2D eigenvalue weighted by molar-refractivity contribution is 5.87. The van der Waals surface area contributed by atoms with Crippen LogP contribution in [0.15, 0.2) is 48.7 Å². The van der Waals surface area contributed by atoms with Gasteiger partial charge in [-0.25, -0.2) is 4.98 Å². The van der Waals surface area contributed by atoms with Crippen LogP contribution in [0.3, 0.4) is 0 Å². The number of ether oxygens (including phenoxy) is 1. The molecule has 0 radical (unpaired) electrons. The summed E-state index contributed by atoms with van der Waals surface area (Å²) in [6.07, 6.45) is 2.72. The number of nitrogens with zero attached hydrogens (tertiary/aromatic N) is 3. The second-order valence-corrected chi connectivity index (χ2v) is 7.71. The van der Waals surface area contributed by atoms with Gasteiger partial charge in [0.1, 0.15) is 5.82 Å². The predicted octanol–water partition coefficient (Wildman–Crippen LogP) is 2.64. The fraction of sp³-hybridized carbons (Fsp3) is 0.455. The number of piperazine rings is 1. The van der Waals surface area contributed by atoms with E-state index in [0.29, 0.717) is 5.92 Å². The lowest BCUT2D eigenvalue weighted by atomic mass is 9.92. The number of esters is 1. The molecule has 0 bridgehead atoms. The Bertz CT molecular complexity index is 785. The van der Waals surface area contributed by atoms with Gasteiger partial charge >= 0.3 is 5.97 Å². The number of aromatic nitrogens is 1. The molecule has 2 unspecified atom stereocenters. The van der Waals surface area contributed by atoms with E-state index in [1.54, 1.807) is 0 Å². The van der Waals surface area contributed by atoms with Crippen molar-refractivity contribution >= 4 is 11.8 Å². The highest BCUT2D eigenvalue weighted by Crippen LogP contribution is 2.55. The van der Waals surface area contributed by atoms with Gasteiger partial charge in [0, 0.05) is 38.9 Å². The van der Waals surface area contributed by atoms with E-state index in [0.717, 1.165) is 50.5 Å². The average molecular weight is 365 g/mol. The molecule has 5 nitrogen and oxygen atoms in total. The first-order chi connectivity index (χ1) is 13.1. The zero-order valence-electron chi connectivity index (χ0n) is 16.1. The normalized spacial score (nSPS) is 25.3. The molecule has 0 N–H and O–H groups in total. The second kappa shape index (κ2) is 7.31. The smallest absolute Gasteiger partial charge is 0.316 e. The number of benzene rings is 1.